The molecule has 1 N–H and O–H groups in total. The van der Waals surface area contributed by atoms with E-state index in [1.165, 1.54) is 38.5 Å². The molecule has 5 fully saturated rings. The Morgan fingerprint density at radius 1 is 1.03 bits per heavy atom. The molecular weight excluding hydrogens is 384 g/mol. The van der Waals surface area contributed by atoms with Gasteiger partial charge in [0.1, 0.15) is 5.78 Å². The maximum absolute atomic E-state index is 12.2. The normalized spacial score (nSPS) is 54.0. The Hall–Kier alpha value is -0.410. The van der Waals surface area contributed by atoms with Crippen molar-refractivity contribution in [3.63, 3.8) is 0 Å². The van der Waals surface area contributed by atoms with Crippen LogP contribution in [0.3, 0.4) is 0 Å². The van der Waals surface area contributed by atoms with Crippen LogP contribution in [-0.2, 0) is 9.53 Å². The van der Waals surface area contributed by atoms with Crippen molar-refractivity contribution < 1.29 is 14.6 Å². The second kappa shape index (κ2) is 7.05. The third kappa shape index (κ3) is 3.22. The highest BCUT2D eigenvalue weighted by Gasteiger charge is 2.63. The van der Waals surface area contributed by atoms with E-state index in [2.05, 4.69) is 41.5 Å². The monoisotopic (exact) mass is 430 g/mol. The summed E-state index contributed by atoms with van der Waals surface area (Å²) in [5, 5.41) is 11.4. The minimum absolute atomic E-state index is 0.0481. The first kappa shape index (κ1) is 22.4. The minimum Gasteiger partial charge on any atom is -0.393 e. The molecule has 10 atom stereocenters. The topological polar surface area (TPSA) is 49.8 Å². The molecule has 1 heterocycles. The summed E-state index contributed by atoms with van der Waals surface area (Å²) < 4.78 is 6.03. The van der Waals surface area contributed by atoms with Crippen molar-refractivity contribution in [2.45, 2.75) is 123 Å². The summed E-state index contributed by atoms with van der Waals surface area (Å²) in [6, 6.07) is 0. The molecular formula is C28H46O3. The third-order valence-electron chi connectivity index (χ3n) is 12.0. The number of ketones is 1. The van der Waals surface area contributed by atoms with Crippen LogP contribution in [0.2, 0.25) is 0 Å². The van der Waals surface area contributed by atoms with Crippen molar-refractivity contribution in [3.05, 3.63) is 0 Å². The molecule has 0 radical (unpaired) electrons. The molecule has 176 valence electrons. The van der Waals surface area contributed by atoms with Gasteiger partial charge in [0, 0.05) is 12.8 Å². The molecule has 3 heteroatoms. The van der Waals surface area contributed by atoms with E-state index in [4.69, 9.17) is 4.74 Å². The summed E-state index contributed by atoms with van der Waals surface area (Å²) in [5.74, 6) is 4.06. The van der Waals surface area contributed by atoms with Crippen LogP contribution >= 0.6 is 0 Å². The maximum atomic E-state index is 12.2. The van der Waals surface area contributed by atoms with Gasteiger partial charge in [0.05, 0.1) is 17.3 Å². The van der Waals surface area contributed by atoms with Gasteiger partial charge >= 0.3 is 0 Å². The van der Waals surface area contributed by atoms with Gasteiger partial charge in [-0.15, -0.1) is 0 Å². The number of ether oxygens (including phenoxy) is 1. The first-order chi connectivity index (χ1) is 14.4. The zero-order chi connectivity index (χ0) is 22.4. The van der Waals surface area contributed by atoms with Crippen LogP contribution < -0.4 is 0 Å². The zero-order valence-corrected chi connectivity index (χ0v) is 20.9. The average Bonchev–Trinajstić information content (AvgIpc) is 3.01. The SMILES string of the molecule is CC(CCC1(C)OC1(C)C)C1CCC2C3C(O)C[C@@H]4CC(=O)CC[C@]4(C)C3CCC12C. The zero-order valence-electron chi connectivity index (χ0n) is 20.9. The number of aliphatic hydroxyl groups excluding tert-OH is 1. The number of Topliss-reactive ketones (excluding diaryl/α,β-unsaturated/α-hetero) is 1. The van der Waals surface area contributed by atoms with Gasteiger partial charge in [0.2, 0.25) is 0 Å². The van der Waals surface area contributed by atoms with Crippen LogP contribution in [-0.4, -0.2) is 28.2 Å². The molecule has 5 aliphatic rings. The standard InChI is InChI=1S/C28H46O3/c1-17(9-14-28(6)25(2,3)31-28)20-7-8-21-24-22(11-13-27(20,21)5)26(4)12-10-19(29)15-18(26)16-23(24)30/h17-18,20-24,30H,7-16H2,1-6H3/t17?,18-,20?,21?,22?,23?,24?,26-,27?,28?/m0/s1. The second-order valence-corrected chi connectivity index (χ2v) is 13.6. The minimum atomic E-state index is -0.202. The van der Waals surface area contributed by atoms with Gasteiger partial charge in [0.15, 0.2) is 0 Å². The van der Waals surface area contributed by atoms with E-state index in [1.54, 1.807) is 0 Å². The van der Waals surface area contributed by atoms with Crippen molar-refractivity contribution in [3.8, 4) is 0 Å². The van der Waals surface area contributed by atoms with Crippen molar-refractivity contribution in [1.29, 1.82) is 0 Å². The lowest BCUT2D eigenvalue weighted by molar-refractivity contribution is -0.169. The number of epoxide rings is 1. The van der Waals surface area contributed by atoms with Crippen LogP contribution in [0.1, 0.15) is 106 Å². The van der Waals surface area contributed by atoms with Gasteiger partial charge < -0.3 is 9.84 Å². The molecule has 0 aromatic heterocycles. The van der Waals surface area contributed by atoms with E-state index in [9.17, 15) is 9.90 Å². The number of hydrogen-bond acceptors (Lipinski definition) is 3. The van der Waals surface area contributed by atoms with Crippen LogP contribution in [0.5, 0.6) is 0 Å². The predicted octanol–water partition coefficient (Wildman–Crippen LogP) is 6.17. The first-order valence-electron chi connectivity index (χ1n) is 13.3. The number of carbonyl (C=O) groups excluding carboxylic acids is 1. The summed E-state index contributed by atoms with van der Waals surface area (Å²) >= 11 is 0. The van der Waals surface area contributed by atoms with Crippen molar-refractivity contribution in [1.82, 2.24) is 0 Å². The van der Waals surface area contributed by atoms with Gasteiger partial charge in [-0.2, -0.15) is 0 Å². The van der Waals surface area contributed by atoms with Gasteiger partial charge in [-0.1, -0.05) is 20.8 Å². The van der Waals surface area contributed by atoms with E-state index in [-0.39, 0.29) is 22.7 Å². The van der Waals surface area contributed by atoms with Gasteiger partial charge in [-0.3, -0.25) is 4.79 Å². The van der Waals surface area contributed by atoms with Crippen LogP contribution in [0.4, 0.5) is 0 Å². The molecule has 4 saturated carbocycles. The molecule has 8 unspecified atom stereocenters. The van der Waals surface area contributed by atoms with Crippen molar-refractivity contribution in [2.75, 3.05) is 0 Å². The molecule has 5 rings (SSSR count). The highest BCUT2D eigenvalue weighted by Crippen LogP contribution is 2.68. The molecule has 3 nitrogen and oxygen atoms in total. The molecule has 1 aliphatic heterocycles. The molecule has 1 saturated heterocycles. The first-order valence-corrected chi connectivity index (χ1v) is 13.3. The van der Waals surface area contributed by atoms with Gasteiger partial charge in [-0.05, 0) is 118 Å². The lowest BCUT2D eigenvalue weighted by Gasteiger charge is -2.62. The van der Waals surface area contributed by atoms with Crippen LogP contribution in [0.15, 0.2) is 0 Å². The Balaban J connectivity index is 1.32. The van der Waals surface area contributed by atoms with E-state index in [0.29, 0.717) is 34.9 Å². The van der Waals surface area contributed by atoms with E-state index >= 15 is 0 Å². The molecule has 4 aliphatic carbocycles. The van der Waals surface area contributed by atoms with Crippen molar-refractivity contribution >= 4 is 5.78 Å². The molecule has 0 aromatic rings. The van der Waals surface area contributed by atoms with E-state index in [1.807, 2.05) is 0 Å². The van der Waals surface area contributed by atoms with Crippen LogP contribution in [0, 0.1) is 46.3 Å². The van der Waals surface area contributed by atoms with Gasteiger partial charge in [-0.25, -0.2) is 0 Å². The quantitative estimate of drug-likeness (QED) is 0.543. The molecule has 31 heavy (non-hydrogen) atoms. The summed E-state index contributed by atoms with van der Waals surface area (Å²) in [7, 11) is 0. The van der Waals surface area contributed by atoms with E-state index < -0.39 is 0 Å². The van der Waals surface area contributed by atoms with E-state index in [0.717, 1.165) is 37.5 Å². The molecule has 0 spiro atoms. The summed E-state index contributed by atoms with van der Waals surface area (Å²) in [5.41, 5.74) is 0.758. The number of rotatable bonds is 4. The summed E-state index contributed by atoms with van der Waals surface area (Å²) in [4.78, 5) is 12.2. The predicted molar refractivity (Wildman–Crippen MR) is 124 cm³/mol. The summed E-state index contributed by atoms with van der Waals surface area (Å²) in [6.45, 7) is 14.3. The number of aliphatic hydroxyl groups is 1. The fourth-order valence-electron chi connectivity index (χ4n) is 9.58. The second-order valence-electron chi connectivity index (χ2n) is 13.6. The Morgan fingerprint density at radius 2 is 1.71 bits per heavy atom. The number of carbonyl (C=O) groups is 1. The molecule has 0 amide bonds. The average molecular weight is 431 g/mol. The summed E-state index contributed by atoms with van der Waals surface area (Å²) in [6.07, 6.45) is 10.8. The highest BCUT2D eigenvalue weighted by atomic mass is 16.6. The fourth-order valence-corrected chi connectivity index (χ4v) is 9.58. The Kier molecular flexibility index (Phi) is 5.09. The van der Waals surface area contributed by atoms with Crippen LogP contribution in [0.25, 0.3) is 0 Å². The highest BCUT2D eigenvalue weighted by molar-refractivity contribution is 5.79. The number of fused-ring (bicyclic) bond motifs is 5. The Labute approximate surface area is 190 Å². The number of hydrogen-bond donors (Lipinski definition) is 1. The lowest BCUT2D eigenvalue weighted by atomic mass is 9.44. The Bertz CT molecular complexity index is 745. The molecule has 0 bridgehead atoms. The van der Waals surface area contributed by atoms with Gasteiger partial charge in [0.25, 0.3) is 0 Å². The maximum Gasteiger partial charge on any atom is 0.133 e. The Morgan fingerprint density at radius 3 is 2.39 bits per heavy atom. The smallest absolute Gasteiger partial charge is 0.133 e. The lowest BCUT2D eigenvalue weighted by Crippen LogP contribution is -2.58. The third-order valence-corrected chi connectivity index (χ3v) is 12.0. The largest absolute Gasteiger partial charge is 0.393 e. The molecule has 0 aromatic carbocycles. The van der Waals surface area contributed by atoms with Crippen molar-refractivity contribution in [2.24, 2.45) is 46.3 Å². The fraction of sp³-hybridized carbons (Fsp3) is 0.964.